The lowest BCUT2D eigenvalue weighted by molar-refractivity contribution is -0.114. The fourth-order valence-electron chi connectivity index (χ4n) is 3.69. The Kier molecular flexibility index (Phi) is 20.2. The van der Waals surface area contributed by atoms with Crippen LogP contribution in [0.4, 0.5) is 0 Å². The van der Waals surface area contributed by atoms with Gasteiger partial charge in [0.05, 0.1) is 13.2 Å². The molecule has 34 heavy (non-hydrogen) atoms. The van der Waals surface area contributed by atoms with Crippen LogP contribution in [0, 0.1) is 0 Å². The van der Waals surface area contributed by atoms with Gasteiger partial charge in [-0.1, -0.05) is 70.4 Å². The molecule has 9 heteroatoms. The maximum absolute atomic E-state index is 12.2. The first-order valence-electron chi connectivity index (χ1n) is 13.0. The highest BCUT2D eigenvalue weighted by molar-refractivity contribution is 7.80. The van der Waals surface area contributed by atoms with Crippen molar-refractivity contribution in [3.05, 3.63) is 12.2 Å². The number of ketones is 1. The molecule has 0 bridgehead atoms. The van der Waals surface area contributed by atoms with Gasteiger partial charge in [-0.3, -0.25) is 14.3 Å². The Hall–Kier alpha value is -1.29. The molecule has 1 unspecified atom stereocenters. The second-order valence-electron chi connectivity index (χ2n) is 8.62. The molecule has 0 amide bonds. The average Bonchev–Trinajstić information content (AvgIpc) is 3.26. The van der Waals surface area contributed by atoms with Crippen molar-refractivity contribution in [1.82, 2.24) is 4.90 Å². The van der Waals surface area contributed by atoms with Crippen molar-refractivity contribution in [3.63, 3.8) is 0 Å². The Morgan fingerprint density at radius 1 is 1.00 bits per heavy atom. The van der Waals surface area contributed by atoms with E-state index in [4.69, 9.17) is 4.55 Å². The van der Waals surface area contributed by atoms with Crippen molar-refractivity contribution < 1.29 is 27.1 Å². The number of aliphatic hydroxyl groups excluding tert-OH is 1. The summed E-state index contributed by atoms with van der Waals surface area (Å²) in [5.41, 5.74) is 0. The largest absolute Gasteiger partial charge is 0.397 e. The maximum atomic E-state index is 12.2. The SMILES string of the molecule is CCCCCCCC/C=C\CCCCCCCC(=O)C1=NCCN1C(C)O.CCOS(=O)(=O)O. The molecule has 1 atom stereocenters. The highest BCUT2D eigenvalue weighted by atomic mass is 32.3. The fourth-order valence-corrected chi connectivity index (χ4v) is 3.99. The summed E-state index contributed by atoms with van der Waals surface area (Å²) in [6.45, 7) is 6.67. The van der Waals surface area contributed by atoms with E-state index in [9.17, 15) is 18.3 Å². The minimum atomic E-state index is -4.17. The van der Waals surface area contributed by atoms with Crippen molar-refractivity contribution in [1.29, 1.82) is 0 Å². The predicted molar refractivity (Wildman–Crippen MR) is 138 cm³/mol. The fraction of sp³-hybridized carbons (Fsp3) is 0.840. The summed E-state index contributed by atoms with van der Waals surface area (Å²) in [7, 11) is -4.17. The van der Waals surface area contributed by atoms with Crippen LogP contribution >= 0.6 is 0 Å². The number of carbonyl (C=O) groups excluding carboxylic acids is 1. The zero-order valence-electron chi connectivity index (χ0n) is 21.6. The Bertz CT molecular complexity index is 677. The summed E-state index contributed by atoms with van der Waals surface area (Å²) >= 11 is 0. The van der Waals surface area contributed by atoms with Gasteiger partial charge in [0, 0.05) is 13.0 Å². The van der Waals surface area contributed by atoms with E-state index in [1.165, 1.54) is 77.6 Å². The monoisotopic (exact) mass is 504 g/mol. The summed E-state index contributed by atoms with van der Waals surface area (Å²) in [6, 6.07) is 0. The van der Waals surface area contributed by atoms with E-state index in [1.807, 2.05) is 0 Å². The van der Waals surface area contributed by atoms with Crippen molar-refractivity contribution in [2.75, 3.05) is 19.7 Å². The van der Waals surface area contributed by atoms with Gasteiger partial charge in [-0.25, -0.2) is 4.18 Å². The van der Waals surface area contributed by atoms with Gasteiger partial charge >= 0.3 is 10.4 Å². The number of rotatable bonds is 19. The molecule has 2 N–H and O–H groups in total. The van der Waals surface area contributed by atoms with Gasteiger partial charge in [0.15, 0.2) is 11.6 Å². The highest BCUT2D eigenvalue weighted by Crippen LogP contribution is 2.12. The number of allylic oxidation sites excluding steroid dienone is 2. The van der Waals surface area contributed by atoms with E-state index in [2.05, 4.69) is 28.3 Å². The van der Waals surface area contributed by atoms with Crippen LogP contribution in [0.25, 0.3) is 0 Å². The van der Waals surface area contributed by atoms with Gasteiger partial charge in [0.1, 0.15) is 6.23 Å². The van der Waals surface area contributed by atoms with Crippen molar-refractivity contribution in [2.45, 2.75) is 117 Å². The van der Waals surface area contributed by atoms with Crippen LogP contribution in [0.5, 0.6) is 0 Å². The number of aliphatic imine (C=N–C) groups is 1. The normalized spacial score (nSPS) is 14.7. The molecule has 0 aromatic rings. The van der Waals surface area contributed by atoms with Crippen LogP contribution in [-0.4, -0.2) is 60.5 Å². The van der Waals surface area contributed by atoms with E-state index in [0.29, 0.717) is 25.3 Å². The van der Waals surface area contributed by atoms with E-state index in [0.717, 1.165) is 12.8 Å². The maximum Gasteiger partial charge on any atom is 0.397 e. The quantitative estimate of drug-likeness (QED) is 0.136. The van der Waals surface area contributed by atoms with Crippen LogP contribution in [0.15, 0.2) is 17.1 Å². The third-order valence-electron chi connectivity index (χ3n) is 5.51. The Balaban J connectivity index is 0.00000135. The molecule has 0 saturated carbocycles. The molecular weight excluding hydrogens is 456 g/mol. The van der Waals surface area contributed by atoms with E-state index in [-0.39, 0.29) is 12.4 Å². The van der Waals surface area contributed by atoms with Gasteiger partial charge in [-0.05, 0) is 46.0 Å². The number of hydrogen-bond donors (Lipinski definition) is 2. The third kappa shape index (κ3) is 19.1. The summed E-state index contributed by atoms with van der Waals surface area (Å²) in [5.74, 6) is 0.575. The topological polar surface area (TPSA) is 117 Å². The van der Waals surface area contributed by atoms with Gasteiger partial charge in [-0.2, -0.15) is 8.42 Å². The molecule has 1 rings (SSSR count). The van der Waals surface area contributed by atoms with E-state index < -0.39 is 16.6 Å². The molecule has 200 valence electrons. The second kappa shape index (κ2) is 21.0. The molecule has 0 radical (unpaired) electrons. The van der Waals surface area contributed by atoms with Crippen molar-refractivity contribution in [3.8, 4) is 0 Å². The third-order valence-corrected chi connectivity index (χ3v) is 6.04. The number of amidine groups is 1. The minimum absolute atomic E-state index is 0.0289. The molecule has 0 aromatic heterocycles. The zero-order chi connectivity index (χ0) is 25.7. The van der Waals surface area contributed by atoms with Crippen molar-refractivity contribution in [2.24, 2.45) is 4.99 Å². The number of nitrogens with zero attached hydrogens (tertiary/aromatic N) is 2. The standard InChI is InChI=1S/C23H42N2O2.C2H6O4S/c1-3-4-5-6-7-8-9-10-11-12-13-14-15-16-17-18-22(27)23-24-19-20-25(23)21(2)26;1-2-6-7(3,4)5/h10-11,21,26H,3-9,12-20H2,1-2H3;2H2,1H3,(H,3,4,5)/b11-10-;. The van der Waals surface area contributed by atoms with Gasteiger partial charge in [0.25, 0.3) is 0 Å². The molecular formula is C25H48N2O6S. The lowest BCUT2D eigenvalue weighted by Gasteiger charge is -2.22. The lowest BCUT2D eigenvalue weighted by Crippen LogP contribution is -2.39. The predicted octanol–water partition coefficient (Wildman–Crippen LogP) is 5.47. The first-order chi connectivity index (χ1) is 16.2. The number of carbonyl (C=O) groups is 1. The summed E-state index contributed by atoms with van der Waals surface area (Å²) in [5, 5.41) is 9.66. The van der Waals surface area contributed by atoms with Crippen LogP contribution < -0.4 is 0 Å². The molecule has 1 heterocycles. The zero-order valence-corrected chi connectivity index (χ0v) is 22.4. The average molecular weight is 505 g/mol. The van der Waals surface area contributed by atoms with E-state index in [1.54, 1.807) is 11.8 Å². The molecule has 0 saturated heterocycles. The van der Waals surface area contributed by atoms with Crippen LogP contribution in [0.3, 0.4) is 0 Å². The van der Waals surface area contributed by atoms with Crippen LogP contribution in [0.2, 0.25) is 0 Å². The summed E-state index contributed by atoms with van der Waals surface area (Å²) in [6.07, 6.45) is 21.0. The molecule has 0 aliphatic carbocycles. The van der Waals surface area contributed by atoms with Crippen LogP contribution in [-0.2, 0) is 19.4 Å². The van der Waals surface area contributed by atoms with Crippen LogP contribution in [0.1, 0.15) is 111 Å². The molecule has 0 spiro atoms. The molecule has 1 aliphatic heterocycles. The van der Waals surface area contributed by atoms with E-state index >= 15 is 0 Å². The number of unbranched alkanes of at least 4 members (excludes halogenated alkanes) is 11. The summed E-state index contributed by atoms with van der Waals surface area (Å²) < 4.78 is 30.7. The Labute approximate surface area is 207 Å². The minimum Gasteiger partial charge on any atom is -0.374 e. The molecule has 0 fully saturated rings. The van der Waals surface area contributed by atoms with Crippen molar-refractivity contribution >= 4 is 22.0 Å². The lowest BCUT2D eigenvalue weighted by atomic mass is 10.1. The highest BCUT2D eigenvalue weighted by Gasteiger charge is 2.25. The first kappa shape index (κ1) is 32.7. The smallest absolute Gasteiger partial charge is 0.374 e. The van der Waals surface area contributed by atoms with Gasteiger partial charge in [0.2, 0.25) is 0 Å². The second-order valence-corrected chi connectivity index (χ2v) is 9.71. The Morgan fingerprint density at radius 3 is 2.00 bits per heavy atom. The first-order valence-corrected chi connectivity index (χ1v) is 14.4. The number of hydrogen-bond acceptors (Lipinski definition) is 7. The van der Waals surface area contributed by atoms with Gasteiger partial charge < -0.3 is 10.0 Å². The summed E-state index contributed by atoms with van der Waals surface area (Å²) in [4.78, 5) is 18.2. The molecule has 0 aromatic carbocycles. The molecule has 1 aliphatic rings. The molecule has 8 nitrogen and oxygen atoms in total. The number of Topliss-reactive ketones (excluding diaryl/α,β-unsaturated/α-hetero) is 1. The van der Waals surface area contributed by atoms with Gasteiger partial charge in [-0.15, -0.1) is 0 Å². The Morgan fingerprint density at radius 2 is 1.53 bits per heavy atom. The number of aliphatic hydroxyl groups is 1.